The van der Waals surface area contributed by atoms with Crippen molar-refractivity contribution in [3.63, 3.8) is 0 Å². The maximum Gasteiger partial charge on any atom is 0.419 e. The van der Waals surface area contributed by atoms with Crippen LogP contribution in [0.3, 0.4) is 0 Å². The van der Waals surface area contributed by atoms with Gasteiger partial charge in [-0.15, -0.1) is 10.2 Å². The summed E-state index contributed by atoms with van der Waals surface area (Å²) < 4.78 is 78.0. The average molecular weight is 511 g/mol. The molecule has 1 aromatic carbocycles. The molecule has 1 aliphatic heterocycles. The third-order valence-corrected chi connectivity index (χ3v) is 6.05. The molecule has 3 heterocycles. The Morgan fingerprint density at radius 1 is 1.06 bits per heavy atom. The highest BCUT2D eigenvalue weighted by Crippen LogP contribution is 2.31. The van der Waals surface area contributed by atoms with Crippen molar-refractivity contribution in [1.29, 1.82) is 0 Å². The molecule has 3 aromatic rings. The highest BCUT2D eigenvalue weighted by Gasteiger charge is 2.32. The summed E-state index contributed by atoms with van der Waals surface area (Å²) in [6.07, 6.45) is 0.358. The molecule has 0 aliphatic carbocycles. The molecule has 12 heteroatoms. The Balaban J connectivity index is 1.23. The topological polar surface area (TPSA) is 77.2 Å². The maximum absolute atomic E-state index is 14.5. The zero-order valence-corrected chi connectivity index (χ0v) is 19.9. The zero-order valence-electron chi connectivity index (χ0n) is 19.9. The van der Waals surface area contributed by atoms with Crippen LogP contribution in [0.2, 0.25) is 0 Å². The number of anilines is 1. The molecule has 1 fully saturated rings. The smallest absolute Gasteiger partial charge is 0.419 e. The molecule has 0 N–H and O–H groups in total. The number of hydrogen-bond acceptors (Lipinski definition) is 7. The van der Waals surface area contributed by atoms with Crippen LogP contribution in [-0.4, -0.2) is 39.9 Å². The maximum atomic E-state index is 14.5. The molecule has 7 nitrogen and oxygen atoms in total. The summed E-state index contributed by atoms with van der Waals surface area (Å²) in [6.45, 7) is 5.24. The van der Waals surface area contributed by atoms with Crippen LogP contribution in [0.25, 0.3) is 11.5 Å². The summed E-state index contributed by atoms with van der Waals surface area (Å²) in [5.74, 6) is -0.906. The fourth-order valence-electron chi connectivity index (χ4n) is 4.02. The summed E-state index contributed by atoms with van der Waals surface area (Å²) in [5, 5.41) is 7.53. The number of alkyl halides is 3. The van der Waals surface area contributed by atoms with Crippen molar-refractivity contribution in [2.24, 2.45) is 5.92 Å². The first-order chi connectivity index (χ1) is 17.1. The van der Waals surface area contributed by atoms with Crippen LogP contribution >= 0.6 is 0 Å². The highest BCUT2D eigenvalue weighted by molar-refractivity contribution is 5.56. The van der Waals surface area contributed by atoms with Crippen molar-refractivity contribution >= 4 is 5.95 Å². The van der Waals surface area contributed by atoms with E-state index in [0.29, 0.717) is 43.9 Å². The number of ether oxygens (including phenoxy) is 1. The van der Waals surface area contributed by atoms with Gasteiger partial charge in [0.25, 0.3) is 5.89 Å². The van der Waals surface area contributed by atoms with Crippen molar-refractivity contribution in [2.45, 2.75) is 51.6 Å². The number of hydrogen-bond donors (Lipinski definition) is 0. The van der Waals surface area contributed by atoms with Crippen LogP contribution in [-0.2, 0) is 6.18 Å². The van der Waals surface area contributed by atoms with Gasteiger partial charge < -0.3 is 14.1 Å². The Hall–Kier alpha value is -3.31. The normalized spacial score (nSPS) is 15.1. The van der Waals surface area contributed by atoms with Gasteiger partial charge >= 0.3 is 6.18 Å². The average Bonchev–Trinajstić information content (AvgIpc) is 3.31. The van der Waals surface area contributed by atoms with Gasteiger partial charge in [0.2, 0.25) is 11.8 Å². The summed E-state index contributed by atoms with van der Waals surface area (Å²) in [4.78, 5) is 9.57. The standard InChI is InChI=1S/C24H26F5N5O2/c1-14(2)21-32-33-22(36-21)20-18(25)10-17(11-19(20)26)35-9-3-4-15-5-7-34(8-6-15)23-30-12-16(13-31-23)24(27,28)29/h10-15H,3-9H2,1-2H3. The fourth-order valence-corrected chi connectivity index (χ4v) is 4.02. The Labute approximate surface area is 204 Å². The minimum atomic E-state index is -4.46. The van der Waals surface area contributed by atoms with Gasteiger partial charge in [-0.05, 0) is 31.6 Å². The molecule has 0 unspecified atom stereocenters. The number of piperidine rings is 1. The minimum absolute atomic E-state index is 0.0645. The molecule has 0 amide bonds. The van der Waals surface area contributed by atoms with Crippen LogP contribution in [0, 0.1) is 17.6 Å². The van der Waals surface area contributed by atoms with Crippen molar-refractivity contribution in [3.05, 3.63) is 47.6 Å². The van der Waals surface area contributed by atoms with Crippen LogP contribution in [0.1, 0.15) is 56.9 Å². The summed E-state index contributed by atoms with van der Waals surface area (Å²) >= 11 is 0. The van der Waals surface area contributed by atoms with Gasteiger partial charge in [0.05, 0.1) is 12.2 Å². The molecular weight excluding hydrogens is 485 g/mol. The van der Waals surface area contributed by atoms with Crippen molar-refractivity contribution < 1.29 is 31.1 Å². The molecule has 2 aromatic heterocycles. The predicted octanol–water partition coefficient (Wildman–Crippen LogP) is 6.02. The van der Waals surface area contributed by atoms with E-state index in [4.69, 9.17) is 9.15 Å². The van der Waals surface area contributed by atoms with E-state index in [-0.39, 0.29) is 23.1 Å². The number of rotatable bonds is 8. The van der Waals surface area contributed by atoms with E-state index in [1.807, 2.05) is 18.7 Å². The molecule has 0 saturated carbocycles. The van der Waals surface area contributed by atoms with E-state index in [0.717, 1.165) is 43.8 Å². The largest absolute Gasteiger partial charge is 0.493 e. The van der Waals surface area contributed by atoms with Crippen LogP contribution in [0.15, 0.2) is 28.9 Å². The van der Waals surface area contributed by atoms with Gasteiger partial charge in [0, 0.05) is 43.5 Å². The Bertz CT molecular complexity index is 1140. The predicted molar refractivity (Wildman–Crippen MR) is 120 cm³/mol. The number of halogens is 5. The second-order valence-electron chi connectivity index (χ2n) is 9.05. The minimum Gasteiger partial charge on any atom is -0.493 e. The Morgan fingerprint density at radius 2 is 1.69 bits per heavy atom. The molecule has 0 radical (unpaired) electrons. The van der Waals surface area contributed by atoms with Crippen molar-refractivity contribution in [2.75, 3.05) is 24.6 Å². The van der Waals surface area contributed by atoms with Crippen molar-refractivity contribution in [3.8, 4) is 17.2 Å². The molecule has 1 saturated heterocycles. The molecular formula is C24H26F5N5O2. The van der Waals surface area contributed by atoms with E-state index in [1.165, 1.54) is 0 Å². The molecule has 0 bridgehead atoms. The lowest BCUT2D eigenvalue weighted by atomic mass is 9.92. The Kier molecular flexibility index (Phi) is 7.70. The molecule has 36 heavy (non-hydrogen) atoms. The second kappa shape index (κ2) is 10.8. The summed E-state index contributed by atoms with van der Waals surface area (Å²) in [7, 11) is 0. The fraction of sp³-hybridized carbons (Fsp3) is 0.500. The van der Waals surface area contributed by atoms with Gasteiger partial charge in [-0.1, -0.05) is 13.8 Å². The van der Waals surface area contributed by atoms with Gasteiger partial charge in [0.15, 0.2) is 0 Å². The van der Waals surface area contributed by atoms with Gasteiger partial charge in [-0.2, -0.15) is 13.2 Å². The SMILES string of the molecule is CC(C)c1nnc(-c2c(F)cc(OCCCC3CCN(c4ncc(C(F)(F)F)cn4)CC3)cc2F)o1. The third-order valence-electron chi connectivity index (χ3n) is 6.05. The highest BCUT2D eigenvalue weighted by atomic mass is 19.4. The summed E-state index contributed by atoms with van der Waals surface area (Å²) in [5.41, 5.74) is -1.25. The zero-order chi connectivity index (χ0) is 25.9. The first kappa shape index (κ1) is 25.8. The Morgan fingerprint density at radius 3 is 2.25 bits per heavy atom. The first-order valence-electron chi connectivity index (χ1n) is 11.7. The quantitative estimate of drug-likeness (QED) is 0.270. The van der Waals surface area contributed by atoms with E-state index < -0.39 is 23.4 Å². The molecule has 0 spiro atoms. The lowest BCUT2D eigenvalue weighted by Gasteiger charge is -2.32. The number of aromatic nitrogens is 4. The third kappa shape index (κ3) is 6.08. The molecule has 194 valence electrons. The number of benzene rings is 1. The van der Waals surface area contributed by atoms with Crippen molar-refractivity contribution in [1.82, 2.24) is 20.2 Å². The van der Waals surface area contributed by atoms with E-state index in [2.05, 4.69) is 20.2 Å². The lowest BCUT2D eigenvalue weighted by Crippen LogP contribution is -2.35. The van der Waals surface area contributed by atoms with Gasteiger partial charge in [-0.3, -0.25) is 0 Å². The number of nitrogens with zero attached hydrogens (tertiary/aromatic N) is 5. The van der Waals surface area contributed by atoms with E-state index in [9.17, 15) is 22.0 Å². The van der Waals surface area contributed by atoms with Crippen LogP contribution in [0.5, 0.6) is 5.75 Å². The van der Waals surface area contributed by atoms with E-state index in [1.54, 1.807) is 0 Å². The monoisotopic (exact) mass is 511 g/mol. The van der Waals surface area contributed by atoms with Gasteiger partial charge in [-0.25, -0.2) is 18.7 Å². The van der Waals surface area contributed by atoms with E-state index >= 15 is 0 Å². The molecule has 4 rings (SSSR count). The first-order valence-corrected chi connectivity index (χ1v) is 11.7. The van der Waals surface area contributed by atoms with Gasteiger partial charge in [0.1, 0.15) is 22.9 Å². The molecule has 1 aliphatic rings. The van der Waals surface area contributed by atoms with Crippen LogP contribution in [0.4, 0.5) is 27.9 Å². The second-order valence-corrected chi connectivity index (χ2v) is 9.05. The van der Waals surface area contributed by atoms with Crippen LogP contribution < -0.4 is 9.64 Å². The lowest BCUT2D eigenvalue weighted by molar-refractivity contribution is -0.138. The summed E-state index contributed by atoms with van der Waals surface area (Å²) in [6, 6.07) is 2.19. The molecule has 0 atom stereocenters.